The molecule has 84 valence electrons. The topological polar surface area (TPSA) is 49.5 Å². The Kier molecular flexibility index (Phi) is 5.56. The predicted molar refractivity (Wildman–Crippen MR) is 64.4 cm³/mol. The molecule has 0 aliphatic carbocycles. The summed E-state index contributed by atoms with van der Waals surface area (Å²) in [6.45, 7) is 7.47. The molecule has 1 unspecified atom stereocenters. The second-order valence-electron chi connectivity index (χ2n) is 4.61. The van der Waals surface area contributed by atoms with Crippen LogP contribution in [0.3, 0.4) is 0 Å². The van der Waals surface area contributed by atoms with E-state index in [4.69, 9.17) is 23.1 Å². The molecular weight excluding hydrogens is 196 g/mol. The molecule has 0 rings (SSSR count). The lowest BCUT2D eigenvalue weighted by molar-refractivity contribution is 0.137. The summed E-state index contributed by atoms with van der Waals surface area (Å²) in [5, 5.41) is 9.17. The number of hydrogen-bond acceptors (Lipinski definition) is 3. The number of hydrogen-bond donors (Lipinski definition) is 2. The zero-order chi connectivity index (χ0) is 11.4. The summed E-state index contributed by atoms with van der Waals surface area (Å²) in [6.07, 6.45) is 0.638. The highest BCUT2D eigenvalue weighted by atomic mass is 32.1. The Balaban J connectivity index is 3.87. The molecule has 0 aliphatic heterocycles. The zero-order valence-corrected chi connectivity index (χ0v) is 10.4. The molecule has 0 bridgehead atoms. The number of aliphatic hydroxyl groups is 1. The molecule has 0 aliphatic rings. The van der Waals surface area contributed by atoms with Gasteiger partial charge in [0.1, 0.15) is 0 Å². The molecule has 0 spiro atoms. The molecule has 14 heavy (non-hydrogen) atoms. The summed E-state index contributed by atoms with van der Waals surface area (Å²) in [7, 11) is 1.99. The maximum Gasteiger partial charge on any atom is 0.0784 e. The first-order valence-corrected chi connectivity index (χ1v) is 5.33. The van der Waals surface area contributed by atoms with Crippen LogP contribution in [0, 0.1) is 5.41 Å². The van der Waals surface area contributed by atoms with Crippen LogP contribution in [0.25, 0.3) is 0 Å². The molecule has 0 heterocycles. The Morgan fingerprint density at radius 2 is 2.07 bits per heavy atom. The van der Waals surface area contributed by atoms with Gasteiger partial charge < -0.3 is 15.7 Å². The summed E-state index contributed by atoms with van der Waals surface area (Å²) in [5.41, 5.74) is 5.53. The van der Waals surface area contributed by atoms with Gasteiger partial charge in [0.05, 0.1) is 11.1 Å². The molecule has 0 aromatic rings. The van der Waals surface area contributed by atoms with Gasteiger partial charge in [0, 0.05) is 12.0 Å². The van der Waals surface area contributed by atoms with Crippen LogP contribution in [0.15, 0.2) is 0 Å². The predicted octanol–water partition coefficient (Wildman–Crippen LogP) is 1.00. The molecule has 0 aromatic heterocycles. The van der Waals surface area contributed by atoms with Crippen molar-refractivity contribution >= 4 is 17.2 Å². The van der Waals surface area contributed by atoms with Gasteiger partial charge in [-0.15, -0.1) is 0 Å². The van der Waals surface area contributed by atoms with Crippen molar-refractivity contribution in [2.24, 2.45) is 11.1 Å². The number of rotatable bonds is 6. The fourth-order valence-corrected chi connectivity index (χ4v) is 1.24. The SMILES string of the molecule is CC(O)CN(C)CCC(C)(C)C(N)=S. The number of thiocarbonyl (C=S) groups is 1. The van der Waals surface area contributed by atoms with E-state index in [1.165, 1.54) is 0 Å². The van der Waals surface area contributed by atoms with E-state index in [1.807, 2.05) is 20.9 Å². The summed E-state index contributed by atoms with van der Waals surface area (Å²) in [4.78, 5) is 2.65. The number of nitrogens with two attached hydrogens (primary N) is 1. The van der Waals surface area contributed by atoms with E-state index in [2.05, 4.69) is 4.90 Å². The minimum Gasteiger partial charge on any atom is -0.393 e. The van der Waals surface area contributed by atoms with Crippen LogP contribution < -0.4 is 5.73 Å². The van der Waals surface area contributed by atoms with Gasteiger partial charge in [0.25, 0.3) is 0 Å². The highest BCUT2D eigenvalue weighted by Gasteiger charge is 2.21. The fourth-order valence-electron chi connectivity index (χ4n) is 1.14. The van der Waals surface area contributed by atoms with Crippen LogP contribution in [-0.2, 0) is 0 Å². The summed E-state index contributed by atoms with van der Waals surface area (Å²) in [6, 6.07) is 0. The highest BCUT2D eigenvalue weighted by Crippen LogP contribution is 2.20. The van der Waals surface area contributed by atoms with E-state index in [0.717, 1.165) is 13.0 Å². The Labute approximate surface area is 92.3 Å². The Hall–Kier alpha value is -0.190. The lowest BCUT2D eigenvalue weighted by atomic mass is 9.89. The van der Waals surface area contributed by atoms with Gasteiger partial charge in [0.15, 0.2) is 0 Å². The third kappa shape index (κ3) is 5.52. The van der Waals surface area contributed by atoms with Crippen LogP contribution in [-0.4, -0.2) is 41.2 Å². The van der Waals surface area contributed by atoms with Gasteiger partial charge in [-0.2, -0.15) is 0 Å². The standard InChI is InChI=1S/C10H22N2OS/c1-8(13)7-12(4)6-5-10(2,3)9(11)14/h8,13H,5-7H2,1-4H3,(H2,11,14). The van der Waals surface area contributed by atoms with E-state index in [9.17, 15) is 0 Å². The largest absolute Gasteiger partial charge is 0.393 e. The third-order valence-corrected chi connectivity index (χ3v) is 2.91. The van der Waals surface area contributed by atoms with Crippen molar-refractivity contribution in [1.82, 2.24) is 4.90 Å². The molecule has 0 saturated carbocycles. The molecular formula is C10H22N2OS. The summed E-state index contributed by atoms with van der Waals surface area (Å²) >= 11 is 4.98. The van der Waals surface area contributed by atoms with Gasteiger partial charge in [-0.1, -0.05) is 26.1 Å². The molecule has 3 N–H and O–H groups in total. The molecule has 0 amide bonds. The lowest BCUT2D eigenvalue weighted by Crippen LogP contribution is -2.35. The Morgan fingerprint density at radius 1 is 1.57 bits per heavy atom. The van der Waals surface area contributed by atoms with Crippen molar-refractivity contribution in [2.45, 2.75) is 33.3 Å². The van der Waals surface area contributed by atoms with Gasteiger partial charge >= 0.3 is 0 Å². The highest BCUT2D eigenvalue weighted by molar-refractivity contribution is 7.80. The van der Waals surface area contributed by atoms with Gasteiger partial charge in [-0.3, -0.25) is 0 Å². The van der Waals surface area contributed by atoms with Crippen LogP contribution in [0.4, 0.5) is 0 Å². The third-order valence-electron chi connectivity index (χ3n) is 2.36. The molecule has 4 heteroatoms. The molecule has 3 nitrogen and oxygen atoms in total. The minimum absolute atomic E-state index is 0.0950. The average molecular weight is 218 g/mol. The van der Waals surface area contributed by atoms with E-state index >= 15 is 0 Å². The van der Waals surface area contributed by atoms with Crippen molar-refractivity contribution in [1.29, 1.82) is 0 Å². The van der Waals surface area contributed by atoms with Crippen molar-refractivity contribution < 1.29 is 5.11 Å². The molecule has 0 saturated heterocycles. The second-order valence-corrected chi connectivity index (χ2v) is 5.05. The molecule has 1 atom stereocenters. The molecule has 0 aromatic carbocycles. The first-order valence-electron chi connectivity index (χ1n) is 4.92. The quantitative estimate of drug-likeness (QED) is 0.653. The van der Waals surface area contributed by atoms with E-state index in [-0.39, 0.29) is 11.5 Å². The number of likely N-dealkylation sites (N-methyl/N-ethyl adjacent to an activating group) is 1. The van der Waals surface area contributed by atoms with Crippen molar-refractivity contribution in [3.05, 3.63) is 0 Å². The number of nitrogens with zero attached hydrogens (tertiary/aromatic N) is 1. The first kappa shape index (κ1) is 13.8. The number of aliphatic hydroxyl groups excluding tert-OH is 1. The summed E-state index contributed by atoms with van der Waals surface area (Å²) < 4.78 is 0. The zero-order valence-electron chi connectivity index (χ0n) is 9.58. The van der Waals surface area contributed by atoms with E-state index < -0.39 is 0 Å². The first-order chi connectivity index (χ1) is 6.25. The van der Waals surface area contributed by atoms with Gasteiger partial charge in [-0.25, -0.2) is 0 Å². The fraction of sp³-hybridized carbons (Fsp3) is 0.900. The summed E-state index contributed by atoms with van der Waals surface area (Å²) in [5.74, 6) is 0. The Morgan fingerprint density at radius 3 is 2.43 bits per heavy atom. The maximum absolute atomic E-state index is 9.17. The van der Waals surface area contributed by atoms with Crippen LogP contribution in [0.1, 0.15) is 27.2 Å². The minimum atomic E-state index is -0.284. The van der Waals surface area contributed by atoms with Crippen molar-refractivity contribution in [3.8, 4) is 0 Å². The average Bonchev–Trinajstić information content (AvgIpc) is 1.99. The Bertz CT molecular complexity index is 193. The van der Waals surface area contributed by atoms with Crippen LogP contribution >= 0.6 is 12.2 Å². The van der Waals surface area contributed by atoms with E-state index in [0.29, 0.717) is 11.5 Å². The molecule has 0 radical (unpaired) electrons. The van der Waals surface area contributed by atoms with Crippen LogP contribution in [0.2, 0.25) is 0 Å². The lowest BCUT2D eigenvalue weighted by Gasteiger charge is -2.26. The smallest absolute Gasteiger partial charge is 0.0784 e. The normalized spacial score (nSPS) is 14.4. The van der Waals surface area contributed by atoms with Gasteiger partial charge in [0.2, 0.25) is 0 Å². The van der Waals surface area contributed by atoms with Crippen molar-refractivity contribution in [3.63, 3.8) is 0 Å². The van der Waals surface area contributed by atoms with E-state index in [1.54, 1.807) is 6.92 Å². The van der Waals surface area contributed by atoms with Crippen molar-refractivity contribution in [2.75, 3.05) is 20.1 Å². The molecule has 0 fully saturated rings. The monoisotopic (exact) mass is 218 g/mol. The second kappa shape index (κ2) is 5.63. The van der Waals surface area contributed by atoms with Gasteiger partial charge in [-0.05, 0) is 26.9 Å². The van der Waals surface area contributed by atoms with Crippen LogP contribution in [0.5, 0.6) is 0 Å². The maximum atomic E-state index is 9.17.